The van der Waals surface area contributed by atoms with Gasteiger partial charge in [-0.25, -0.2) is 14.3 Å². The highest BCUT2D eigenvalue weighted by Gasteiger charge is 2.57. The van der Waals surface area contributed by atoms with E-state index >= 15 is 0 Å². The SMILES string of the molecule is Cn1cc(-c2cn3nccc3c(OC3(C)CC4C3CCCN4C(=O)OCc3ccccc3)n2)cn1. The minimum atomic E-state index is -0.422. The number of aryl methyl sites for hydroxylation is 1. The van der Waals surface area contributed by atoms with Gasteiger partial charge in [0.1, 0.15) is 17.7 Å². The van der Waals surface area contributed by atoms with E-state index in [1.807, 2.05) is 60.7 Å². The molecular weight excluding hydrogens is 444 g/mol. The van der Waals surface area contributed by atoms with Gasteiger partial charge >= 0.3 is 6.09 Å². The van der Waals surface area contributed by atoms with Crippen LogP contribution in [0.15, 0.2) is 61.2 Å². The van der Waals surface area contributed by atoms with E-state index < -0.39 is 5.60 Å². The van der Waals surface area contributed by atoms with Crippen LogP contribution in [0.3, 0.4) is 0 Å². The number of amides is 1. The van der Waals surface area contributed by atoms with E-state index in [1.165, 1.54) is 0 Å². The summed E-state index contributed by atoms with van der Waals surface area (Å²) in [6.45, 7) is 3.12. The number of likely N-dealkylation sites (tertiary alicyclic amines) is 1. The molecule has 6 rings (SSSR count). The lowest BCUT2D eigenvalue weighted by Crippen LogP contribution is -2.67. The molecule has 1 aliphatic heterocycles. The first kappa shape index (κ1) is 21.6. The Balaban J connectivity index is 1.20. The standard InChI is InChI=1S/C26H28N6O3/c1-26(35-24-22-10-11-27-32(22)16-21(29-24)19-14-28-30(2)15-19)13-23-20(26)9-6-12-31(23)25(33)34-17-18-7-4-3-5-8-18/h3-5,7-8,10-11,14-16,20,23H,6,9,12-13,17H2,1-2H3. The number of fused-ring (bicyclic) bond motifs is 2. The van der Waals surface area contributed by atoms with Crippen molar-refractivity contribution in [2.45, 2.75) is 44.4 Å². The highest BCUT2D eigenvalue weighted by atomic mass is 16.6. The minimum absolute atomic E-state index is 0.111. The average molecular weight is 473 g/mol. The number of aromatic nitrogens is 5. The molecule has 0 spiro atoms. The number of piperidine rings is 1. The molecule has 1 amide bonds. The van der Waals surface area contributed by atoms with Crippen molar-refractivity contribution in [2.24, 2.45) is 13.0 Å². The first-order valence-corrected chi connectivity index (χ1v) is 12.0. The zero-order valence-corrected chi connectivity index (χ0v) is 19.9. The van der Waals surface area contributed by atoms with E-state index in [1.54, 1.807) is 21.6 Å². The largest absolute Gasteiger partial charge is 0.469 e. The smallest absolute Gasteiger partial charge is 0.410 e. The van der Waals surface area contributed by atoms with E-state index in [2.05, 4.69) is 17.1 Å². The highest BCUT2D eigenvalue weighted by molar-refractivity contribution is 5.69. The fourth-order valence-electron chi connectivity index (χ4n) is 5.46. The Kier molecular flexibility index (Phi) is 5.20. The lowest BCUT2D eigenvalue weighted by Gasteiger charge is -2.58. The summed E-state index contributed by atoms with van der Waals surface area (Å²) in [4.78, 5) is 19.6. The van der Waals surface area contributed by atoms with Gasteiger partial charge in [-0.15, -0.1) is 0 Å². The molecule has 9 heteroatoms. The van der Waals surface area contributed by atoms with Crippen molar-refractivity contribution >= 4 is 11.6 Å². The fourth-order valence-corrected chi connectivity index (χ4v) is 5.46. The van der Waals surface area contributed by atoms with Crippen LogP contribution in [-0.4, -0.2) is 53.6 Å². The van der Waals surface area contributed by atoms with Crippen LogP contribution in [0, 0.1) is 5.92 Å². The summed E-state index contributed by atoms with van der Waals surface area (Å²) in [5, 5.41) is 8.67. The summed E-state index contributed by atoms with van der Waals surface area (Å²) in [6, 6.07) is 11.8. The third-order valence-electron chi connectivity index (χ3n) is 7.30. The predicted octanol–water partition coefficient (Wildman–Crippen LogP) is 4.09. The summed E-state index contributed by atoms with van der Waals surface area (Å²) < 4.78 is 15.8. The normalized spacial score (nSPS) is 23.5. The van der Waals surface area contributed by atoms with E-state index in [0.717, 1.165) is 41.6 Å². The van der Waals surface area contributed by atoms with E-state index in [9.17, 15) is 4.79 Å². The van der Waals surface area contributed by atoms with Crippen LogP contribution in [0.2, 0.25) is 0 Å². The Labute approximate surface area is 203 Å². The molecule has 0 bridgehead atoms. The van der Waals surface area contributed by atoms with Crippen LogP contribution < -0.4 is 4.74 Å². The molecular formula is C26H28N6O3. The number of hydrogen-bond donors (Lipinski definition) is 0. The number of ether oxygens (including phenoxy) is 2. The second kappa shape index (κ2) is 8.41. The molecule has 0 radical (unpaired) electrons. The maximum Gasteiger partial charge on any atom is 0.410 e. The molecule has 3 aromatic heterocycles. The topological polar surface area (TPSA) is 86.8 Å². The maximum absolute atomic E-state index is 12.9. The van der Waals surface area contributed by atoms with Crippen molar-refractivity contribution in [3.05, 3.63) is 66.7 Å². The van der Waals surface area contributed by atoms with Crippen LogP contribution in [0.4, 0.5) is 4.79 Å². The number of hydrogen-bond acceptors (Lipinski definition) is 6. The Hall–Kier alpha value is -3.88. The van der Waals surface area contributed by atoms with Crippen LogP contribution >= 0.6 is 0 Å². The van der Waals surface area contributed by atoms with E-state index in [-0.39, 0.29) is 24.7 Å². The maximum atomic E-state index is 12.9. The highest BCUT2D eigenvalue weighted by Crippen LogP contribution is 2.50. The van der Waals surface area contributed by atoms with Crippen molar-refractivity contribution < 1.29 is 14.3 Å². The van der Waals surface area contributed by atoms with Gasteiger partial charge in [0, 0.05) is 43.7 Å². The van der Waals surface area contributed by atoms with Crippen LogP contribution in [0.5, 0.6) is 5.88 Å². The Morgan fingerprint density at radius 3 is 2.83 bits per heavy atom. The Bertz CT molecular complexity index is 1370. The molecule has 35 heavy (non-hydrogen) atoms. The third-order valence-corrected chi connectivity index (χ3v) is 7.30. The lowest BCUT2D eigenvalue weighted by atomic mass is 9.62. The number of nitrogens with zero attached hydrogens (tertiary/aromatic N) is 6. The summed E-state index contributed by atoms with van der Waals surface area (Å²) >= 11 is 0. The summed E-state index contributed by atoms with van der Waals surface area (Å²) in [5.74, 6) is 0.765. The van der Waals surface area contributed by atoms with Crippen molar-refractivity contribution in [2.75, 3.05) is 6.54 Å². The second-order valence-corrected chi connectivity index (χ2v) is 9.66. The van der Waals surface area contributed by atoms with Gasteiger partial charge in [-0.1, -0.05) is 30.3 Å². The molecule has 4 aromatic rings. The molecule has 2 aliphatic rings. The van der Waals surface area contributed by atoms with Crippen LogP contribution in [0.1, 0.15) is 31.7 Å². The zero-order valence-electron chi connectivity index (χ0n) is 19.9. The van der Waals surface area contributed by atoms with E-state index in [4.69, 9.17) is 14.5 Å². The zero-order chi connectivity index (χ0) is 24.0. The van der Waals surface area contributed by atoms with Crippen LogP contribution in [-0.2, 0) is 18.4 Å². The number of rotatable bonds is 5. The Morgan fingerprint density at radius 1 is 1.17 bits per heavy atom. The molecule has 1 aliphatic carbocycles. The summed E-state index contributed by atoms with van der Waals surface area (Å²) in [6.07, 6.45) is 9.74. The molecule has 4 heterocycles. The van der Waals surface area contributed by atoms with Gasteiger partial charge in [-0.3, -0.25) is 4.68 Å². The van der Waals surface area contributed by atoms with Crippen molar-refractivity contribution in [1.29, 1.82) is 0 Å². The summed E-state index contributed by atoms with van der Waals surface area (Å²) in [7, 11) is 1.88. The molecule has 9 nitrogen and oxygen atoms in total. The first-order chi connectivity index (χ1) is 17.0. The van der Waals surface area contributed by atoms with Crippen LogP contribution in [0.25, 0.3) is 16.8 Å². The summed E-state index contributed by atoms with van der Waals surface area (Å²) in [5.41, 5.74) is 3.03. The molecule has 3 atom stereocenters. The van der Waals surface area contributed by atoms with Crippen molar-refractivity contribution in [3.8, 4) is 17.1 Å². The average Bonchev–Trinajstić information content (AvgIpc) is 3.52. The fraction of sp³-hybridized carbons (Fsp3) is 0.385. The first-order valence-electron chi connectivity index (χ1n) is 12.0. The monoisotopic (exact) mass is 472 g/mol. The van der Waals surface area contributed by atoms with Crippen molar-refractivity contribution in [1.82, 2.24) is 29.3 Å². The number of benzene rings is 1. The van der Waals surface area contributed by atoms with Gasteiger partial charge in [0.05, 0.1) is 24.3 Å². The molecule has 1 aromatic carbocycles. The van der Waals surface area contributed by atoms with Gasteiger partial charge in [-0.2, -0.15) is 10.2 Å². The Morgan fingerprint density at radius 2 is 2.03 bits per heavy atom. The quantitative estimate of drug-likeness (QED) is 0.435. The van der Waals surface area contributed by atoms with Gasteiger partial charge < -0.3 is 14.4 Å². The third kappa shape index (κ3) is 3.90. The molecule has 180 valence electrons. The van der Waals surface area contributed by atoms with Gasteiger partial charge in [-0.05, 0) is 31.4 Å². The molecule has 0 N–H and O–H groups in total. The molecule has 1 saturated heterocycles. The van der Waals surface area contributed by atoms with Gasteiger partial charge in [0.2, 0.25) is 5.88 Å². The minimum Gasteiger partial charge on any atom is -0.469 e. The molecule has 1 saturated carbocycles. The number of carbonyl (C=O) groups is 1. The lowest BCUT2D eigenvalue weighted by molar-refractivity contribution is -0.136. The molecule has 3 unspecified atom stereocenters. The van der Waals surface area contributed by atoms with Gasteiger partial charge in [0.25, 0.3) is 0 Å². The van der Waals surface area contributed by atoms with Gasteiger partial charge in [0.15, 0.2) is 0 Å². The molecule has 2 fully saturated rings. The van der Waals surface area contributed by atoms with Crippen molar-refractivity contribution in [3.63, 3.8) is 0 Å². The van der Waals surface area contributed by atoms with E-state index in [0.29, 0.717) is 12.4 Å². The second-order valence-electron chi connectivity index (χ2n) is 9.66. The number of carbonyl (C=O) groups excluding carboxylic acids is 1. The predicted molar refractivity (Wildman–Crippen MR) is 129 cm³/mol.